The highest BCUT2D eigenvalue weighted by Crippen LogP contribution is 2.30. The molecule has 0 N–H and O–H groups in total. The summed E-state index contributed by atoms with van der Waals surface area (Å²) in [6.45, 7) is 8.38. The first-order chi connectivity index (χ1) is 14.1. The molecule has 2 rings (SSSR count). The van der Waals surface area contributed by atoms with Crippen molar-refractivity contribution in [3.63, 3.8) is 0 Å². The van der Waals surface area contributed by atoms with Crippen LogP contribution in [0.2, 0.25) is 0 Å². The zero-order valence-corrected chi connectivity index (χ0v) is 17.9. The molecule has 4 nitrogen and oxygen atoms in total. The lowest BCUT2D eigenvalue weighted by atomic mass is 10.0. The van der Waals surface area contributed by atoms with Crippen LogP contribution in [0.4, 0.5) is 18.9 Å². The highest BCUT2D eigenvalue weighted by Gasteiger charge is 2.30. The SMILES string of the molecule is CC/C(=N\c1ccc(C(=O)OCc2cccc(C(F)(F)F)c2)c(C)c1C)N(C)CC. The van der Waals surface area contributed by atoms with Crippen LogP contribution in [0, 0.1) is 13.8 Å². The zero-order valence-electron chi connectivity index (χ0n) is 17.9. The first-order valence-corrected chi connectivity index (χ1v) is 9.80. The topological polar surface area (TPSA) is 41.9 Å². The molecular weight excluding hydrogens is 393 g/mol. The minimum Gasteiger partial charge on any atom is -0.457 e. The Kier molecular flexibility index (Phi) is 7.65. The quantitative estimate of drug-likeness (QED) is 0.324. The summed E-state index contributed by atoms with van der Waals surface area (Å²) in [7, 11) is 1.98. The molecule has 0 unspecified atom stereocenters. The van der Waals surface area contributed by atoms with Crippen molar-refractivity contribution in [1.82, 2.24) is 4.90 Å². The van der Waals surface area contributed by atoms with Gasteiger partial charge in [-0.05, 0) is 61.7 Å². The van der Waals surface area contributed by atoms with Gasteiger partial charge in [0.2, 0.25) is 0 Å². The maximum Gasteiger partial charge on any atom is 0.416 e. The molecule has 0 spiro atoms. The lowest BCUT2D eigenvalue weighted by Crippen LogP contribution is -2.25. The molecule has 0 amide bonds. The van der Waals surface area contributed by atoms with E-state index in [2.05, 4.69) is 4.90 Å². The fraction of sp³-hybridized carbons (Fsp3) is 0.391. The van der Waals surface area contributed by atoms with E-state index in [1.54, 1.807) is 12.1 Å². The monoisotopic (exact) mass is 420 g/mol. The number of amidine groups is 1. The van der Waals surface area contributed by atoms with E-state index in [0.717, 1.165) is 47.7 Å². The van der Waals surface area contributed by atoms with E-state index in [1.807, 2.05) is 34.7 Å². The van der Waals surface area contributed by atoms with Gasteiger partial charge >= 0.3 is 12.1 Å². The van der Waals surface area contributed by atoms with Gasteiger partial charge in [-0.2, -0.15) is 13.2 Å². The summed E-state index contributed by atoms with van der Waals surface area (Å²) in [5.74, 6) is 0.366. The van der Waals surface area contributed by atoms with Gasteiger partial charge in [0.25, 0.3) is 0 Å². The van der Waals surface area contributed by atoms with Crippen molar-refractivity contribution in [3.8, 4) is 0 Å². The number of alkyl halides is 3. The van der Waals surface area contributed by atoms with Crippen molar-refractivity contribution in [2.45, 2.75) is 46.9 Å². The van der Waals surface area contributed by atoms with Crippen LogP contribution in [0.25, 0.3) is 0 Å². The van der Waals surface area contributed by atoms with E-state index >= 15 is 0 Å². The normalized spacial score (nSPS) is 12.1. The van der Waals surface area contributed by atoms with E-state index in [1.165, 1.54) is 12.1 Å². The number of esters is 1. The van der Waals surface area contributed by atoms with Crippen LogP contribution >= 0.6 is 0 Å². The fourth-order valence-electron chi connectivity index (χ4n) is 2.97. The third kappa shape index (κ3) is 5.62. The fourth-order valence-corrected chi connectivity index (χ4v) is 2.97. The lowest BCUT2D eigenvalue weighted by molar-refractivity contribution is -0.137. The van der Waals surface area contributed by atoms with Crippen molar-refractivity contribution in [1.29, 1.82) is 0 Å². The molecule has 0 aliphatic carbocycles. The van der Waals surface area contributed by atoms with E-state index < -0.39 is 17.7 Å². The Labute approximate surface area is 175 Å². The average Bonchev–Trinajstić information content (AvgIpc) is 2.72. The minimum atomic E-state index is -4.44. The average molecular weight is 420 g/mol. The number of aliphatic imine (C=N–C) groups is 1. The summed E-state index contributed by atoms with van der Waals surface area (Å²) in [4.78, 5) is 19.3. The van der Waals surface area contributed by atoms with E-state index in [0.29, 0.717) is 5.56 Å². The molecule has 2 aromatic carbocycles. The molecule has 2 aromatic rings. The van der Waals surface area contributed by atoms with Gasteiger partial charge in [-0.25, -0.2) is 9.79 Å². The third-order valence-corrected chi connectivity index (χ3v) is 5.08. The van der Waals surface area contributed by atoms with E-state index in [4.69, 9.17) is 9.73 Å². The van der Waals surface area contributed by atoms with Gasteiger partial charge in [-0.1, -0.05) is 19.1 Å². The van der Waals surface area contributed by atoms with Crippen LogP contribution < -0.4 is 0 Å². The number of halogens is 3. The Morgan fingerprint density at radius 1 is 1.10 bits per heavy atom. The predicted molar refractivity (Wildman–Crippen MR) is 112 cm³/mol. The molecule has 0 heterocycles. The third-order valence-electron chi connectivity index (χ3n) is 5.08. The molecule has 0 aliphatic heterocycles. The number of nitrogens with zero attached hydrogens (tertiary/aromatic N) is 2. The highest BCUT2D eigenvalue weighted by molar-refractivity contribution is 5.92. The standard InChI is InChI=1S/C23H27F3N2O2/c1-6-21(28(5)7-2)27-20-12-11-19(15(3)16(20)4)22(29)30-14-17-9-8-10-18(13-17)23(24,25)26/h8-13H,6-7,14H2,1-5H3/b27-21+. The minimum absolute atomic E-state index is 0.234. The molecule has 30 heavy (non-hydrogen) atoms. The second-order valence-electron chi connectivity index (χ2n) is 7.05. The molecule has 0 saturated heterocycles. The van der Waals surface area contributed by atoms with Gasteiger partial charge in [0.05, 0.1) is 16.8 Å². The van der Waals surface area contributed by atoms with Crippen molar-refractivity contribution in [3.05, 3.63) is 64.2 Å². The van der Waals surface area contributed by atoms with Crippen LogP contribution in [0.15, 0.2) is 41.4 Å². The maximum atomic E-state index is 12.8. The number of hydrogen-bond acceptors (Lipinski definition) is 3. The Balaban J connectivity index is 2.19. The zero-order chi connectivity index (χ0) is 22.5. The van der Waals surface area contributed by atoms with Gasteiger partial charge in [0, 0.05) is 20.0 Å². The molecular formula is C23H27F3N2O2. The molecule has 0 aromatic heterocycles. The number of carbonyl (C=O) groups is 1. The van der Waals surface area contributed by atoms with E-state index in [9.17, 15) is 18.0 Å². The number of benzene rings is 2. The first-order valence-electron chi connectivity index (χ1n) is 9.80. The molecule has 0 fully saturated rings. The van der Waals surface area contributed by atoms with Gasteiger partial charge in [0.1, 0.15) is 12.4 Å². The van der Waals surface area contributed by atoms with Gasteiger partial charge in [-0.3, -0.25) is 0 Å². The summed E-state index contributed by atoms with van der Waals surface area (Å²) >= 11 is 0. The van der Waals surface area contributed by atoms with Crippen LogP contribution in [-0.4, -0.2) is 30.3 Å². The van der Waals surface area contributed by atoms with E-state index in [-0.39, 0.29) is 12.2 Å². The Morgan fingerprint density at radius 3 is 2.40 bits per heavy atom. The molecule has 0 bridgehead atoms. The van der Waals surface area contributed by atoms with Crippen LogP contribution in [-0.2, 0) is 17.5 Å². The second kappa shape index (κ2) is 9.78. The molecule has 0 atom stereocenters. The molecule has 0 radical (unpaired) electrons. The van der Waals surface area contributed by atoms with Crippen LogP contribution in [0.3, 0.4) is 0 Å². The summed E-state index contributed by atoms with van der Waals surface area (Å²) in [6, 6.07) is 8.18. The number of carbonyl (C=O) groups excluding carboxylic acids is 1. The number of ether oxygens (including phenoxy) is 1. The molecule has 0 saturated carbocycles. The van der Waals surface area contributed by atoms with Crippen LogP contribution in [0.1, 0.15) is 52.9 Å². The van der Waals surface area contributed by atoms with Crippen molar-refractivity contribution in [2.24, 2.45) is 4.99 Å². The Bertz CT molecular complexity index is 937. The molecule has 162 valence electrons. The summed E-state index contributed by atoms with van der Waals surface area (Å²) in [6.07, 6.45) is -3.66. The first kappa shape index (κ1) is 23.4. The van der Waals surface area contributed by atoms with Crippen molar-refractivity contribution < 1.29 is 22.7 Å². The second-order valence-corrected chi connectivity index (χ2v) is 7.05. The highest BCUT2D eigenvalue weighted by atomic mass is 19.4. The molecule has 0 aliphatic rings. The largest absolute Gasteiger partial charge is 0.457 e. The predicted octanol–water partition coefficient (Wildman–Crippen LogP) is 6.07. The Hall–Kier alpha value is -2.83. The maximum absolute atomic E-state index is 12.8. The summed E-state index contributed by atoms with van der Waals surface area (Å²) in [5, 5.41) is 0. The Morgan fingerprint density at radius 2 is 1.80 bits per heavy atom. The van der Waals surface area contributed by atoms with Crippen LogP contribution in [0.5, 0.6) is 0 Å². The lowest BCUT2D eigenvalue weighted by Gasteiger charge is -2.19. The van der Waals surface area contributed by atoms with Gasteiger partial charge in [0.15, 0.2) is 0 Å². The van der Waals surface area contributed by atoms with Gasteiger partial charge in [-0.15, -0.1) is 0 Å². The molecule has 7 heteroatoms. The number of hydrogen-bond donors (Lipinski definition) is 0. The van der Waals surface area contributed by atoms with Crippen molar-refractivity contribution in [2.75, 3.05) is 13.6 Å². The summed E-state index contributed by atoms with van der Waals surface area (Å²) < 4.78 is 43.8. The number of rotatable bonds is 6. The smallest absolute Gasteiger partial charge is 0.416 e. The van der Waals surface area contributed by atoms with Crippen molar-refractivity contribution >= 4 is 17.5 Å². The summed E-state index contributed by atoms with van der Waals surface area (Å²) in [5.41, 5.74) is 2.26. The van der Waals surface area contributed by atoms with Gasteiger partial charge < -0.3 is 9.64 Å².